The predicted octanol–water partition coefficient (Wildman–Crippen LogP) is 2.13. The molecule has 1 rings (SSSR count). The molecule has 0 aromatic heterocycles. The Morgan fingerprint density at radius 2 is 1.81 bits per heavy atom. The van der Waals surface area contributed by atoms with E-state index in [1.165, 1.54) is 0 Å². The maximum Gasteiger partial charge on any atom is 0.407 e. The molecule has 0 radical (unpaired) electrons. The van der Waals surface area contributed by atoms with E-state index < -0.39 is 5.60 Å². The Morgan fingerprint density at radius 1 is 1.15 bits per heavy atom. The van der Waals surface area contributed by atoms with Gasteiger partial charge in [0, 0.05) is 45.8 Å². The van der Waals surface area contributed by atoms with Crippen LogP contribution < -0.4 is 16.0 Å². The summed E-state index contributed by atoms with van der Waals surface area (Å²) in [4.78, 5) is 15.7. The highest BCUT2D eigenvalue weighted by Crippen LogP contribution is 2.12. The van der Waals surface area contributed by atoms with Crippen LogP contribution in [0.3, 0.4) is 0 Å². The zero-order chi connectivity index (χ0) is 19.3. The van der Waals surface area contributed by atoms with Crippen LogP contribution in [0, 0.1) is 5.92 Å². The highest BCUT2D eigenvalue weighted by Gasteiger charge is 2.16. The van der Waals surface area contributed by atoms with Gasteiger partial charge in [0.15, 0.2) is 5.96 Å². The van der Waals surface area contributed by atoms with Gasteiger partial charge in [0.05, 0.1) is 13.2 Å². The molecule has 0 aromatic rings. The Balaban J connectivity index is 0.00000676. The van der Waals surface area contributed by atoms with E-state index in [1.807, 2.05) is 20.8 Å². The summed E-state index contributed by atoms with van der Waals surface area (Å²) in [6.45, 7) is 10.8. The molecule has 0 aliphatic carbocycles. The van der Waals surface area contributed by atoms with Gasteiger partial charge in [-0.1, -0.05) is 0 Å². The van der Waals surface area contributed by atoms with Gasteiger partial charge < -0.3 is 30.2 Å². The van der Waals surface area contributed by atoms with Crippen molar-refractivity contribution in [2.45, 2.75) is 45.6 Å². The minimum Gasteiger partial charge on any atom is -0.444 e. The summed E-state index contributed by atoms with van der Waals surface area (Å²) in [5, 5.41) is 9.20. The summed E-state index contributed by atoms with van der Waals surface area (Å²) in [5.74, 6) is 1.32. The van der Waals surface area contributed by atoms with Crippen molar-refractivity contribution in [1.29, 1.82) is 0 Å². The van der Waals surface area contributed by atoms with Gasteiger partial charge in [-0.25, -0.2) is 4.79 Å². The molecule has 8 nitrogen and oxygen atoms in total. The lowest BCUT2D eigenvalue weighted by atomic mass is 10.1. The van der Waals surface area contributed by atoms with Crippen LogP contribution in [0.5, 0.6) is 0 Å². The third kappa shape index (κ3) is 14.9. The van der Waals surface area contributed by atoms with E-state index in [0.29, 0.717) is 19.0 Å². The second kappa shape index (κ2) is 15.2. The zero-order valence-electron chi connectivity index (χ0n) is 17.1. The highest BCUT2D eigenvalue weighted by molar-refractivity contribution is 14.0. The number of carbonyl (C=O) groups excluding carboxylic acids is 1. The first kappa shape index (κ1) is 26.2. The van der Waals surface area contributed by atoms with Crippen LogP contribution in [-0.2, 0) is 14.2 Å². The summed E-state index contributed by atoms with van der Waals surface area (Å²) >= 11 is 0. The fourth-order valence-electron chi connectivity index (χ4n) is 2.37. The number of guanidine groups is 1. The van der Waals surface area contributed by atoms with Gasteiger partial charge in [0.1, 0.15) is 5.60 Å². The number of hydrogen-bond acceptors (Lipinski definition) is 5. The van der Waals surface area contributed by atoms with Crippen molar-refractivity contribution in [2.24, 2.45) is 10.9 Å². The number of halogens is 1. The molecule has 1 aliphatic rings. The minimum absolute atomic E-state index is 0. The Morgan fingerprint density at radius 3 is 2.41 bits per heavy atom. The van der Waals surface area contributed by atoms with Gasteiger partial charge in [-0.2, -0.15) is 0 Å². The largest absolute Gasteiger partial charge is 0.444 e. The number of ether oxygens (including phenoxy) is 3. The van der Waals surface area contributed by atoms with Crippen LogP contribution in [0.1, 0.15) is 40.0 Å². The molecule has 1 heterocycles. The second-order valence-corrected chi connectivity index (χ2v) is 7.37. The number of amides is 1. The van der Waals surface area contributed by atoms with Crippen LogP contribution in [0.15, 0.2) is 4.99 Å². The van der Waals surface area contributed by atoms with E-state index in [-0.39, 0.29) is 30.1 Å². The van der Waals surface area contributed by atoms with Crippen molar-refractivity contribution in [1.82, 2.24) is 16.0 Å². The first-order valence-electron chi connectivity index (χ1n) is 9.47. The molecule has 0 bridgehead atoms. The van der Waals surface area contributed by atoms with E-state index in [9.17, 15) is 4.79 Å². The molecule has 1 fully saturated rings. The Bertz CT molecular complexity index is 424. The van der Waals surface area contributed by atoms with Crippen molar-refractivity contribution < 1.29 is 19.0 Å². The van der Waals surface area contributed by atoms with Crippen LogP contribution in [0.2, 0.25) is 0 Å². The Labute approximate surface area is 180 Å². The average molecular weight is 500 g/mol. The molecule has 1 saturated heterocycles. The summed E-state index contributed by atoms with van der Waals surface area (Å²) in [5.41, 5.74) is -0.469. The molecule has 0 aromatic carbocycles. The topological polar surface area (TPSA) is 93.2 Å². The van der Waals surface area contributed by atoms with Crippen LogP contribution in [0.4, 0.5) is 4.79 Å². The number of nitrogens with zero attached hydrogens (tertiary/aromatic N) is 1. The van der Waals surface area contributed by atoms with Crippen LogP contribution in [-0.4, -0.2) is 70.8 Å². The molecule has 3 N–H and O–H groups in total. The summed E-state index contributed by atoms with van der Waals surface area (Å²) in [6.07, 6.45) is 2.43. The zero-order valence-corrected chi connectivity index (χ0v) is 19.5. The van der Waals surface area contributed by atoms with Crippen molar-refractivity contribution in [3.63, 3.8) is 0 Å². The Hall–Kier alpha value is -0.810. The number of alkyl carbamates (subject to hydrolysis) is 1. The SMILES string of the molecule is CN=C(NCCCNC(=O)OC(C)(C)C)NCCCOCC1CCOC1.I. The molecule has 1 amide bonds. The van der Waals surface area contributed by atoms with E-state index >= 15 is 0 Å². The van der Waals surface area contributed by atoms with Crippen molar-refractivity contribution in [3.8, 4) is 0 Å². The maximum absolute atomic E-state index is 11.5. The molecule has 0 spiro atoms. The van der Waals surface area contributed by atoms with E-state index in [2.05, 4.69) is 20.9 Å². The lowest BCUT2D eigenvalue weighted by Crippen LogP contribution is -2.39. The monoisotopic (exact) mass is 500 g/mol. The van der Waals surface area contributed by atoms with E-state index in [1.54, 1.807) is 7.05 Å². The van der Waals surface area contributed by atoms with Crippen molar-refractivity contribution in [2.75, 3.05) is 53.1 Å². The smallest absolute Gasteiger partial charge is 0.407 e. The third-order valence-electron chi connectivity index (χ3n) is 3.67. The quantitative estimate of drug-likeness (QED) is 0.184. The third-order valence-corrected chi connectivity index (χ3v) is 3.67. The number of nitrogens with one attached hydrogen (secondary N) is 3. The fourth-order valence-corrected chi connectivity index (χ4v) is 2.37. The lowest BCUT2D eigenvalue weighted by Gasteiger charge is -2.19. The number of hydrogen-bond donors (Lipinski definition) is 3. The summed E-state index contributed by atoms with van der Waals surface area (Å²) in [7, 11) is 1.74. The van der Waals surface area contributed by atoms with Crippen molar-refractivity contribution in [3.05, 3.63) is 0 Å². The molecule has 0 saturated carbocycles. The van der Waals surface area contributed by atoms with Crippen molar-refractivity contribution >= 4 is 36.0 Å². The molecule has 160 valence electrons. The van der Waals surface area contributed by atoms with Gasteiger partial charge in [-0.05, 0) is 40.0 Å². The number of aliphatic imine (C=N–C) groups is 1. The van der Waals surface area contributed by atoms with Crippen LogP contribution in [0.25, 0.3) is 0 Å². The maximum atomic E-state index is 11.5. The molecule has 1 aliphatic heterocycles. The number of carbonyl (C=O) groups is 1. The summed E-state index contributed by atoms with van der Waals surface area (Å²) in [6, 6.07) is 0. The summed E-state index contributed by atoms with van der Waals surface area (Å²) < 4.78 is 16.2. The molecular weight excluding hydrogens is 463 g/mol. The molecule has 9 heteroatoms. The molecular formula is C18H37IN4O4. The van der Waals surface area contributed by atoms with E-state index in [4.69, 9.17) is 14.2 Å². The minimum atomic E-state index is -0.469. The molecule has 27 heavy (non-hydrogen) atoms. The predicted molar refractivity (Wildman–Crippen MR) is 118 cm³/mol. The highest BCUT2D eigenvalue weighted by atomic mass is 127. The number of rotatable bonds is 10. The van der Waals surface area contributed by atoms with Gasteiger partial charge in [0.2, 0.25) is 0 Å². The first-order chi connectivity index (χ1) is 12.4. The molecule has 1 unspecified atom stereocenters. The van der Waals surface area contributed by atoms with Crippen LogP contribution >= 0.6 is 24.0 Å². The average Bonchev–Trinajstić information content (AvgIpc) is 3.07. The van der Waals surface area contributed by atoms with Gasteiger partial charge in [-0.3, -0.25) is 4.99 Å². The van der Waals surface area contributed by atoms with Gasteiger partial charge in [-0.15, -0.1) is 24.0 Å². The molecule has 1 atom stereocenters. The normalized spacial score (nSPS) is 17.2. The first-order valence-corrected chi connectivity index (χ1v) is 9.47. The standard InChI is InChI=1S/C18H36N4O4.HI/c1-18(2,3)26-17(23)22-9-5-8-20-16(19-4)21-10-6-11-24-13-15-7-12-25-14-15;/h15H,5-14H2,1-4H3,(H,22,23)(H2,19,20,21);1H. The lowest BCUT2D eigenvalue weighted by molar-refractivity contribution is 0.0527. The van der Waals surface area contributed by atoms with Gasteiger partial charge >= 0.3 is 6.09 Å². The van der Waals surface area contributed by atoms with Gasteiger partial charge in [0.25, 0.3) is 0 Å². The Kier molecular flexibility index (Phi) is 14.7. The second-order valence-electron chi connectivity index (χ2n) is 7.37. The van der Waals surface area contributed by atoms with E-state index in [0.717, 1.165) is 58.2 Å². The fraction of sp³-hybridized carbons (Fsp3) is 0.889.